The molecule has 1 saturated heterocycles. The highest BCUT2D eigenvalue weighted by Gasteiger charge is 2.41. The zero-order valence-electron chi connectivity index (χ0n) is 14.7. The van der Waals surface area contributed by atoms with Crippen molar-refractivity contribution in [3.8, 4) is 0 Å². The summed E-state index contributed by atoms with van der Waals surface area (Å²) in [6, 6.07) is 2.99. The van der Waals surface area contributed by atoms with Gasteiger partial charge in [0.05, 0.1) is 30.4 Å². The van der Waals surface area contributed by atoms with Gasteiger partial charge in [-0.15, -0.1) is 0 Å². The fraction of sp³-hybridized carbons (Fsp3) is 0.722. The van der Waals surface area contributed by atoms with E-state index < -0.39 is 5.41 Å². The first kappa shape index (κ1) is 17.2. The fourth-order valence-electron chi connectivity index (χ4n) is 3.72. The Hall–Kier alpha value is -1.18. The molecule has 0 spiro atoms. The molecule has 2 heterocycles. The molecule has 6 nitrogen and oxygen atoms in total. The zero-order chi connectivity index (χ0) is 17.3. The number of likely N-dealkylation sites (N-methyl/N-ethyl adjacent to an activating group) is 1. The topological polar surface area (TPSA) is 67.4 Å². The van der Waals surface area contributed by atoms with Crippen LogP contribution in [0.3, 0.4) is 0 Å². The number of aromatic nitrogens is 2. The maximum atomic E-state index is 12.0. The van der Waals surface area contributed by atoms with Gasteiger partial charge in [0.15, 0.2) is 0 Å². The lowest BCUT2D eigenvalue weighted by Crippen LogP contribution is -2.53. The van der Waals surface area contributed by atoms with Crippen LogP contribution in [0.4, 0.5) is 5.95 Å². The molecule has 0 bridgehead atoms. The molecule has 1 aromatic heterocycles. The van der Waals surface area contributed by atoms with Gasteiger partial charge in [-0.25, -0.2) is 9.97 Å². The van der Waals surface area contributed by atoms with E-state index in [0.717, 1.165) is 50.9 Å². The van der Waals surface area contributed by atoms with Crippen LogP contribution in [-0.2, 0) is 14.9 Å². The van der Waals surface area contributed by atoms with Crippen LogP contribution in [-0.4, -0.2) is 58.7 Å². The molecule has 7 heteroatoms. The zero-order valence-corrected chi connectivity index (χ0v) is 15.5. The minimum atomic E-state index is -0.461. The van der Waals surface area contributed by atoms with Gasteiger partial charge in [-0.2, -0.15) is 0 Å². The Bertz CT molecular complexity index is 613. The molecule has 1 N–H and O–H groups in total. The Morgan fingerprint density at radius 2 is 2.04 bits per heavy atom. The predicted octanol–water partition coefficient (Wildman–Crippen LogP) is 2.41. The standard InChI is InChI=1S/C18H26N4O2S/c1-22(14-10-24-11-14)13-4-7-18(12-23,8-5-13)16-6-9-19-17(20-16)21-25-15-2-3-15/h6,9,12-15H,2-5,7-8,10-11H2,1H3,(H,19,20,21). The molecule has 3 aliphatic rings. The minimum absolute atomic E-state index is 0.461. The summed E-state index contributed by atoms with van der Waals surface area (Å²) in [6.45, 7) is 1.68. The number of aldehydes is 1. The number of nitrogens with one attached hydrogen (secondary N) is 1. The Morgan fingerprint density at radius 3 is 2.64 bits per heavy atom. The van der Waals surface area contributed by atoms with E-state index in [1.165, 1.54) is 12.8 Å². The van der Waals surface area contributed by atoms with E-state index in [1.807, 2.05) is 6.07 Å². The lowest BCUT2D eigenvalue weighted by molar-refractivity contribution is -0.115. The predicted molar refractivity (Wildman–Crippen MR) is 98.6 cm³/mol. The van der Waals surface area contributed by atoms with E-state index in [4.69, 9.17) is 4.74 Å². The lowest BCUT2D eigenvalue weighted by Gasteiger charge is -2.44. The van der Waals surface area contributed by atoms with Crippen molar-refractivity contribution in [3.05, 3.63) is 18.0 Å². The summed E-state index contributed by atoms with van der Waals surface area (Å²) in [5.41, 5.74) is 0.404. The highest BCUT2D eigenvalue weighted by Crippen LogP contribution is 2.39. The second-order valence-corrected chi connectivity index (χ2v) is 8.65. The summed E-state index contributed by atoms with van der Waals surface area (Å²) in [5.74, 6) is 0.626. The van der Waals surface area contributed by atoms with Crippen molar-refractivity contribution in [2.45, 2.75) is 61.3 Å². The summed E-state index contributed by atoms with van der Waals surface area (Å²) >= 11 is 1.69. The van der Waals surface area contributed by atoms with Crippen molar-refractivity contribution in [3.63, 3.8) is 0 Å². The summed E-state index contributed by atoms with van der Waals surface area (Å²) in [4.78, 5) is 23.4. The van der Waals surface area contributed by atoms with Crippen LogP contribution in [0.15, 0.2) is 12.3 Å². The molecule has 25 heavy (non-hydrogen) atoms. The van der Waals surface area contributed by atoms with Gasteiger partial charge in [0, 0.05) is 17.5 Å². The van der Waals surface area contributed by atoms with E-state index in [9.17, 15) is 4.79 Å². The molecule has 2 aliphatic carbocycles. The normalized spacial score (nSPS) is 30.1. The number of rotatable bonds is 7. The molecule has 1 aliphatic heterocycles. The van der Waals surface area contributed by atoms with Crippen LogP contribution in [0, 0.1) is 0 Å². The van der Waals surface area contributed by atoms with Gasteiger partial charge in [-0.05, 0) is 63.6 Å². The molecular weight excluding hydrogens is 336 g/mol. The number of ether oxygens (including phenoxy) is 1. The first-order valence-corrected chi connectivity index (χ1v) is 10.1. The number of hydrogen-bond donors (Lipinski definition) is 1. The van der Waals surface area contributed by atoms with E-state index in [0.29, 0.717) is 23.3 Å². The molecule has 0 atom stereocenters. The van der Waals surface area contributed by atoms with Crippen molar-refractivity contribution >= 4 is 24.2 Å². The van der Waals surface area contributed by atoms with Crippen LogP contribution in [0.2, 0.25) is 0 Å². The summed E-state index contributed by atoms with van der Waals surface area (Å²) in [5, 5.41) is 0.689. The molecule has 0 aromatic carbocycles. The number of hydrogen-bond acceptors (Lipinski definition) is 7. The van der Waals surface area contributed by atoms with Gasteiger partial charge >= 0.3 is 0 Å². The van der Waals surface area contributed by atoms with Gasteiger partial charge in [-0.1, -0.05) is 0 Å². The van der Waals surface area contributed by atoms with Crippen LogP contribution in [0.5, 0.6) is 0 Å². The molecule has 2 saturated carbocycles. The highest BCUT2D eigenvalue weighted by molar-refractivity contribution is 8.01. The Balaban J connectivity index is 1.42. The van der Waals surface area contributed by atoms with Gasteiger partial charge < -0.3 is 9.53 Å². The van der Waals surface area contributed by atoms with Crippen molar-refractivity contribution in [1.29, 1.82) is 0 Å². The van der Waals surface area contributed by atoms with Crippen LogP contribution >= 0.6 is 11.9 Å². The number of anilines is 1. The molecule has 3 fully saturated rings. The quantitative estimate of drug-likeness (QED) is 0.590. The van der Waals surface area contributed by atoms with Gasteiger partial charge in [0.25, 0.3) is 0 Å². The van der Waals surface area contributed by atoms with Crippen LogP contribution < -0.4 is 4.72 Å². The molecule has 4 rings (SSSR count). The molecule has 1 aromatic rings. The fourth-order valence-corrected chi connectivity index (χ4v) is 4.47. The maximum Gasteiger partial charge on any atom is 0.233 e. The summed E-state index contributed by atoms with van der Waals surface area (Å²) in [7, 11) is 2.19. The SMILES string of the molecule is CN(C1CCC(C=O)(c2ccnc(NSC3CC3)n2)CC1)C1COC1. The largest absolute Gasteiger partial charge is 0.378 e. The Labute approximate surface area is 153 Å². The van der Waals surface area contributed by atoms with Crippen molar-refractivity contribution in [1.82, 2.24) is 14.9 Å². The Kier molecular flexibility index (Phi) is 4.97. The summed E-state index contributed by atoms with van der Waals surface area (Å²) in [6.07, 6.45) is 9.16. The van der Waals surface area contributed by atoms with E-state index in [2.05, 4.69) is 26.6 Å². The van der Waals surface area contributed by atoms with Crippen LogP contribution in [0.25, 0.3) is 0 Å². The summed E-state index contributed by atoms with van der Waals surface area (Å²) < 4.78 is 8.55. The molecule has 0 unspecified atom stereocenters. The molecule has 0 amide bonds. The average molecular weight is 362 g/mol. The van der Waals surface area contributed by atoms with Crippen molar-refractivity contribution in [2.24, 2.45) is 0 Å². The third kappa shape index (κ3) is 3.68. The number of nitrogens with zero attached hydrogens (tertiary/aromatic N) is 3. The molecule has 136 valence electrons. The van der Waals surface area contributed by atoms with E-state index >= 15 is 0 Å². The smallest absolute Gasteiger partial charge is 0.233 e. The second-order valence-electron chi connectivity index (χ2n) is 7.55. The first-order valence-electron chi connectivity index (χ1n) is 9.21. The minimum Gasteiger partial charge on any atom is -0.378 e. The van der Waals surface area contributed by atoms with E-state index in [1.54, 1.807) is 18.1 Å². The maximum absolute atomic E-state index is 12.0. The molecule has 0 radical (unpaired) electrons. The average Bonchev–Trinajstić information content (AvgIpc) is 3.43. The van der Waals surface area contributed by atoms with Gasteiger partial charge in [0.2, 0.25) is 5.95 Å². The van der Waals surface area contributed by atoms with Crippen molar-refractivity contribution in [2.75, 3.05) is 25.0 Å². The highest BCUT2D eigenvalue weighted by atomic mass is 32.2. The monoisotopic (exact) mass is 362 g/mol. The number of carbonyl (C=O) groups excluding carboxylic acids is 1. The van der Waals surface area contributed by atoms with Gasteiger partial charge in [-0.3, -0.25) is 9.62 Å². The van der Waals surface area contributed by atoms with Crippen LogP contribution in [0.1, 0.15) is 44.2 Å². The van der Waals surface area contributed by atoms with Crippen molar-refractivity contribution < 1.29 is 9.53 Å². The third-order valence-electron chi connectivity index (χ3n) is 5.85. The third-order valence-corrected chi connectivity index (χ3v) is 6.96. The second kappa shape index (κ2) is 7.21. The van der Waals surface area contributed by atoms with E-state index in [-0.39, 0.29) is 0 Å². The lowest BCUT2D eigenvalue weighted by atomic mass is 9.71. The first-order chi connectivity index (χ1) is 12.2. The Morgan fingerprint density at radius 1 is 1.28 bits per heavy atom. The van der Waals surface area contributed by atoms with Gasteiger partial charge in [0.1, 0.15) is 6.29 Å². The molecular formula is C18H26N4O2S. The number of carbonyl (C=O) groups is 1.